The first-order valence-electron chi connectivity index (χ1n) is 4.35. The normalized spacial score (nSPS) is 11.3. The highest BCUT2D eigenvalue weighted by atomic mass is 16.5. The molecule has 3 N–H and O–H groups in total. The van der Waals surface area contributed by atoms with Gasteiger partial charge in [0, 0.05) is 0 Å². The number of amides is 2. The molecule has 0 saturated heterocycles. The maximum atomic E-state index is 11.0. The van der Waals surface area contributed by atoms with Crippen LogP contribution in [0.1, 0.15) is 13.3 Å². The molecule has 0 radical (unpaired) electrons. The SMILES string of the molecule is CC[C@H](NC(=O)NCC(=O)OC)C(=O)O. The van der Waals surface area contributed by atoms with E-state index in [0.29, 0.717) is 0 Å². The van der Waals surface area contributed by atoms with Gasteiger partial charge in [-0.25, -0.2) is 9.59 Å². The Morgan fingerprint density at radius 3 is 2.40 bits per heavy atom. The van der Waals surface area contributed by atoms with Crippen LogP contribution < -0.4 is 10.6 Å². The standard InChI is InChI=1S/C8H14N2O5/c1-3-5(7(12)13)10-8(14)9-4-6(11)15-2/h5H,3-4H2,1-2H3,(H,12,13)(H2,9,10,14)/t5-/m0/s1. The molecule has 7 heteroatoms. The van der Waals surface area contributed by atoms with Crippen molar-refractivity contribution in [3.63, 3.8) is 0 Å². The van der Waals surface area contributed by atoms with Gasteiger partial charge in [-0.15, -0.1) is 0 Å². The van der Waals surface area contributed by atoms with Gasteiger partial charge in [-0.1, -0.05) is 6.92 Å². The molecule has 0 aliphatic rings. The second kappa shape index (κ2) is 6.63. The van der Waals surface area contributed by atoms with Crippen LogP contribution in [0.3, 0.4) is 0 Å². The Labute approximate surface area is 86.8 Å². The van der Waals surface area contributed by atoms with Gasteiger partial charge in [0.1, 0.15) is 12.6 Å². The molecule has 15 heavy (non-hydrogen) atoms. The number of carbonyl (C=O) groups excluding carboxylic acids is 2. The van der Waals surface area contributed by atoms with Crippen LogP contribution in [0.4, 0.5) is 4.79 Å². The highest BCUT2D eigenvalue weighted by molar-refractivity contribution is 5.84. The van der Waals surface area contributed by atoms with Crippen molar-refractivity contribution in [2.24, 2.45) is 0 Å². The van der Waals surface area contributed by atoms with E-state index in [9.17, 15) is 14.4 Å². The lowest BCUT2D eigenvalue weighted by Gasteiger charge is -2.12. The van der Waals surface area contributed by atoms with E-state index in [1.165, 1.54) is 7.11 Å². The van der Waals surface area contributed by atoms with E-state index in [2.05, 4.69) is 15.4 Å². The van der Waals surface area contributed by atoms with Gasteiger partial charge in [0.2, 0.25) is 0 Å². The number of methoxy groups -OCH3 is 1. The molecule has 0 bridgehead atoms. The smallest absolute Gasteiger partial charge is 0.326 e. The summed E-state index contributed by atoms with van der Waals surface area (Å²) in [7, 11) is 1.19. The van der Waals surface area contributed by atoms with Crippen LogP contribution in [-0.2, 0) is 14.3 Å². The number of nitrogens with one attached hydrogen (secondary N) is 2. The Morgan fingerprint density at radius 2 is 2.00 bits per heavy atom. The molecule has 0 saturated carbocycles. The zero-order valence-electron chi connectivity index (χ0n) is 8.57. The lowest BCUT2D eigenvalue weighted by Crippen LogP contribution is -2.46. The number of aliphatic carboxylic acids is 1. The number of esters is 1. The third-order valence-corrected chi connectivity index (χ3v) is 1.63. The van der Waals surface area contributed by atoms with E-state index in [4.69, 9.17) is 5.11 Å². The number of rotatable bonds is 5. The first-order chi connectivity index (χ1) is 7.01. The fraction of sp³-hybridized carbons (Fsp3) is 0.625. The van der Waals surface area contributed by atoms with E-state index >= 15 is 0 Å². The summed E-state index contributed by atoms with van der Waals surface area (Å²) in [6.07, 6.45) is 0.265. The van der Waals surface area contributed by atoms with Gasteiger partial charge >= 0.3 is 18.0 Å². The highest BCUT2D eigenvalue weighted by Crippen LogP contribution is 1.89. The van der Waals surface area contributed by atoms with Crippen molar-refractivity contribution in [2.75, 3.05) is 13.7 Å². The molecule has 0 aromatic rings. The second-order valence-corrected chi connectivity index (χ2v) is 2.70. The van der Waals surface area contributed by atoms with Crippen LogP contribution in [0.5, 0.6) is 0 Å². The quantitative estimate of drug-likeness (QED) is 0.530. The van der Waals surface area contributed by atoms with Crippen molar-refractivity contribution in [2.45, 2.75) is 19.4 Å². The van der Waals surface area contributed by atoms with E-state index in [1.807, 2.05) is 0 Å². The summed E-state index contributed by atoms with van der Waals surface area (Å²) in [5.41, 5.74) is 0. The first kappa shape index (κ1) is 13.2. The maximum Gasteiger partial charge on any atom is 0.326 e. The molecule has 0 heterocycles. The fourth-order valence-corrected chi connectivity index (χ4v) is 0.772. The van der Waals surface area contributed by atoms with Crippen LogP contribution in [0.2, 0.25) is 0 Å². The van der Waals surface area contributed by atoms with E-state index in [1.54, 1.807) is 6.92 Å². The molecule has 0 spiro atoms. The van der Waals surface area contributed by atoms with Crippen LogP contribution in [-0.4, -0.2) is 42.8 Å². The number of hydrogen-bond acceptors (Lipinski definition) is 4. The Balaban J connectivity index is 3.91. The van der Waals surface area contributed by atoms with E-state index < -0.39 is 24.0 Å². The topological polar surface area (TPSA) is 105 Å². The summed E-state index contributed by atoms with van der Waals surface area (Å²) in [4.78, 5) is 32.2. The summed E-state index contributed by atoms with van der Waals surface area (Å²) >= 11 is 0. The molecule has 2 amide bonds. The van der Waals surface area contributed by atoms with Crippen molar-refractivity contribution in [1.82, 2.24) is 10.6 Å². The van der Waals surface area contributed by atoms with Crippen molar-refractivity contribution >= 4 is 18.0 Å². The minimum atomic E-state index is -1.12. The third-order valence-electron chi connectivity index (χ3n) is 1.63. The Kier molecular flexibility index (Phi) is 5.84. The summed E-state index contributed by atoms with van der Waals surface area (Å²) in [6.45, 7) is 1.33. The molecule has 7 nitrogen and oxygen atoms in total. The molecule has 0 aliphatic carbocycles. The number of carboxylic acids is 1. The Bertz CT molecular complexity index is 253. The summed E-state index contributed by atoms with van der Waals surface area (Å²) in [5.74, 6) is -1.72. The summed E-state index contributed by atoms with van der Waals surface area (Å²) in [6, 6.07) is -1.67. The summed E-state index contributed by atoms with van der Waals surface area (Å²) < 4.78 is 4.28. The highest BCUT2D eigenvalue weighted by Gasteiger charge is 2.17. The zero-order chi connectivity index (χ0) is 11.8. The van der Waals surface area contributed by atoms with Crippen molar-refractivity contribution < 1.29 is 24.2 Å². The molecule has 0 aliphatic heterocycles. The molecular weight excluding hydrogens is 204 g/mol. The average molecular weight is 218 g/mol. The lowest BCUT2D eigenvalue weighted by molar-refractivity contribution is -0.139. The Hall–Kier alpha value is -1.79. The van der Waals surface area contributed by atoms with Crippen LogP contribution in [0.15, 0.2) is 0 Å². The predicted octanol–water partition coefficient (Wildman–Crippen LogP) is -0.678. The Morgan fingerprint density at radius 1 is 1.40 bits per heavy atom. The number of carboxylic acid groups (broad SMARTS) is 1. The number of urea groups is 1. The van der Waals surface area contributed by atoms with Gasteiger partial charge in [0.05, 0.1) is 7.11 Å². The van der Waals surface area contributed by atoms with Gasteiger partial charge < -0.3 is 20.5 Å². The molecule has 86 valence electrons. The predicted molar refractivity (Wildman–Crippen MR) is 50.3 cm³/mol. The lowest BCUT2D eigenvalue weighted by atomic mass is 10.2. The zero-order valence-corrected chi connectivity index (χ0v) is 8.57. The van der Waals surface area contributed by atoms with Gasteiger partial charge in [0.25, 0.3) is 0 Å². The molecular formula is C8H14N2O5. The van der Waals surface area contributed by atoms with Crippen molar-refractivity contribution in [3.05, 3.63) is 0 Å². The van der Waals surface area contributed by atoms with E-state index in [-0.39, 0.29) is 13.0 Å². The van der Waals surface area contributed by atoms with Crippen molar-refractivity contribution in [3.8, 4) is 0 Å². The van der Waals surface area contributed by atoms with Gasteiger partial charge in [-0.05, 0) is 6.42 Å². The van der Waals surface area contributed by atoms with Gasteiger partial charge in [0.15, 0.2) is 0 Å². The largest absolute Gasteiger partial charge is 0.480 e. The molecule has 0 fully saturated rings. The second-order valence-electron chi connectivity index (χ2n) is 2.70. The monoisotopic (exact) mass is 218 g/mol. The molecule has 0 aromatic heterocycles. The van der Waals surface area contributed by atoms with E-state index in [0.717, 1.165) is 0 Å². The summed E-state index contributed by atoms with van der Waals surface area (Å²) in [5, 5.41) is 13.0. The molecule has 0 unspecified atom stereocenters. The van der Waals surface area contributed by atoms with Crippen molar-refractivity contribution in [1.29, 1.82) is 0 Å². The number of carbonyl (C=O) groups is 3. The van der Waals surface area contributed by atoms with Crippen LogP contribution in [0.25, 0.3) is 0 Å². The third kappa shape index (κ3) is 5.50. The number of ether oxygens (including phenoxy) is 1. The van der Waals surface area contributed by atoms with Crippen LogP contribution in [0, 0.1) is 0 Å². The maximum absolute atomic E-state index is 11.0. The molecule has 1 atom stereocenters. The fourth-order valence-electron chi connectivity index (χ4n) is 0.772. The molecule has 0 aromatic carbocycles. The average Bonchev–Trinajstić information content (AvgIpc) is 2.21. The van der Waals surface area contributed by atoms with Gasteiger partial charge in [-0.2, -0.15) is 0 Å². The minimum absolute atomic E-state index is 0.265. The number of hydrogen-bond donors (Lipinski definition) is 3. The first-order valence-corrected chi connectivity index (χ1v) is 4.35. The minimum Gasteiger partial charge on any atom is -0.480 e. The van der Waals surface area contributed by atoms with Gasteiger partial charge in [-0.3, -0.25) is 4.79 Å². The van der Waals surface area contributed by atoms with Crippen LogP contribution >= 0.6 is 0 Å². The molecule has 0 rings (SSSR count).